The van der Waals surface area contributed by atoms with E-state index in [9.17, 15) is 13.2 Å². The molecule has 0 aliphatic heterocycles. The molecule has 0 aromatic carbocycles. The van der Waals surface area contributed by atoms with Gasteiger partial charge in [0.25, 0.3) is 0 Å². The number of rotatable bonds is 0. The van der Waals surface area contributed by atoms with Gasteiger partial charge in [-0.1, -0.05) is 35.4 Å². The van der Waals surface area contributed by atoms with Crippen LogP contribution in [0.25, 0.3) is 0 Å². The van der Waals surface area contributed by atoms with E-state index < -0.39 is 12.1 Å². The van der Waals surface area contributed by atoms with E-state index in [2.05, 4.69) is 0 Å². The maximum absolute atomic E-state index is 12.4. The first-order valence-electron chi connectivity index (χ1n) is 4.17. The summed E-state index contributed by atoms with van der Waals surface area (Å²) in [6.45, 7) is 1.85. The standard InChI is InChI=1S/C10H10ClF3/c1-7-3-2-4-8(10(12,13)14)9(11)6-5-7/h2,4-6,8H,3H2,1H3/b4-2+,7-5-,9-6+. The van der Waals surface area contributed by atoms with Crippen molar-refractivity contribution in [1.29, 1.82) is 0 Å². The van der Waals surface area contributed by atoms with Gasteiger partial charge in [-0.15, -0.1) is 0 Å². The summed E-state index contributed by atoms with van der Waals surface area (Å²) in [5.74, 6) is -1.66. The molecule has 0 N–H and O–H groups in total. The second-order valence-electron chi connectivity index (χ2n) is 3.22. The van der Waals surface area contributed by atoms with E-state index in [0.29, 0.717) is 6.42 Å². The molecule has 0 bridgehead atoms. The number of allylic oxidation sites excluding steroid dienone is 6. The van der Waals surface area contributed by atoms with E-state index in [0.717, 1.165) is 11.6 Å². The van der Waals surface area contributed by atoms with Crippen LogP contribution in [0.3, 0.4) is 0 Å². The smallest absolute Gasteiger partial charge is 0.170 e. The summed E-state index contributed by atoms with van der Waals surface area (Å²) in [7, 11) is 0. The third kappa shape index (κ3) is 2.91. The fourth-order valence-electron chi connectivity index (χ4n) is 1.14. The number of hydrogen-bond acceptors (Lipinski definition) is 0. The maximum Gasteiger partial charge on any atom is 0.399 e. The maximum atomic E-state index is 12.4. The van der Waals surface area contributed by atoms with Crippen LogP contribution in [0, 0.1) is 5.92 Å². The van der Waals surface area contributed by atoms with Crippen molar-refractivity contribution >= 4 is 11.6 Å². The molecule has 0 aromatic heterocycles. The molecule has 1 rings (SSSR count). The van der Waals surface area contributed by atoms with E-state index in [4.69, 9.17) is 11.6 Å². The Balaban J connectivity index is 2.99. The lowest BCUT2D eigenvalue weighted by Crippen LogP contribution is -2.21. The van der Waals surface area contributed by atoms with Gasteiger partial charge >= 0.3 is 6.18 Å². The minimum Gasteiger partial charge on any atom is -0.170 e. The molecule has 0 heterocycles. The Morgan fingerprint density at radius 2 is 2.00 bits per heavy atom. The fourth-order valence-corrected chi connectivity index (χ4v) is 1.40. The van der Waals surface area contributed by atoms with Gasteiger partial charge in [-0.25, -0.2) is 0 Å². The van der Waals surface area contributed by atoms with Gasteiger partial charge < -0.3 is 0 Å². The van der Waals surface area contributed by atoms with Crippen molar-refractivity contribution in [2.75, 3.05) is 0 Å². The summed E-state index contributed by atoms with van der Waals surface area (Å²) in [6.07, 6.45) is 1.77. The van der Waals surface area contributed by atoms with Crippen LogP contribution in [-0.2, 0) is 0 Å². The lowest BCUT2D eigenvalue weighted by Gasteiger charge is -2.16. The molecule has 0 saturated heterocycles. The van der Waals surface area contributed by atoms with Crippen LogP contribution < -0.4 is 0 Å². The molecule has 0 aromatic rings. The molecule has 0 fully saturated rings. The minimum atomic E-state index is -4.30. The van der Waals surface area contributed by atoms with Crippen molar-refractivity contribution in [2.24, 2.45) is 5.92 Å². The Morgan fingerprint density at radius 1 is 1.36 bits per heavy atom. The first-order chi connectivity index (χ1) is 6.41. The van der Waals surface area contributed by atoms with Gasteiger partial charge in [-0.2, -0.15) is 13.2 Å². The molecular formula is C10H10ClF3. The predicted octanol–water partition coefficient (Wildman–Crippen LogP) is 4.19. The molecule has 1 atom stereocenters. The largest absolute Gasteiger partial charge is 0.399 e. The first-order valence-corrected chi connectivity index (χ1v) is 4.55. The van der Waals surface area contributed by atoms with Crippen LogP contribution in [0.15, 0.2) is 34.9 Å². The summed E-state index contributed by atoms with van der Waals surface area (Å²) in [6, 6.07) is 0. The van der Waals surface area contributed by atoms with E-state index in [-0.39, 0.29) is 5.03 Å². The van der Waals surface area contributed by atoms with Crippen molar-refractivity contribution < 1.29 is 13.2 Å². The molecule has 0 amide bonds. The van der Waals surface area contributed by atoms with Gasteiger partial charge in [-0.05, 0) is 19.4 Å². The minimum absolute atomic E-state index is 0.187. The average Bonchev–Trinajstić information content (AvgIpc) is 2.03. The predicted molar refractivity (Wildman–Crippen MR) is 51.0 cm³/mol. The van der Waals surface area contributed by atoms with E-state index >= 15 is 0 Å². The Hall–Kier alpha value is -0.700. The monoisotopic (exact) mass is 222 g/mol. The van der Waals surface area contributed by atoms with Crippen LogP contribution >= 0.6 is 11.6 Å². The number of halogens is 4. The molecule has 1 unspecified atom stereocenters. The van der Waals surface area contributed by atoms with Crippen LogP contribution in [0.4, 0.5) is 13.2 Å². The SMILES string of the molecule is C/C1=C/C=C(/Cl)C(C(F)(F)F)/C=C/C1. The van der Waals surface area contributed by atoms with Gasteiger partial charge in [0.05, 0.1) is 0 Å². The molecule has 14 heavy (non-hydrogen) atoms. The van der Waals surface area contributed by atoms with Crippen molar-refractivity contribution in [1.82, 2.24) is 0 Å². The van der Waals surface area contributed by atoms with Gasteiger partial charge in [-0.3, -0.25) is 0 Å². The molecule has 0 saturated carbocycles. The van der Waals surface area contributed by atoms with Crippen LogP contribution in [-0.4, -0.2) is 6.18 Å². The summed E-state index contributed by atoms with van der Waals surface area (Å²) < 4.78 is 37.2. The highest BCUT2D eigenvalue weighted by atomic mass is 35.5. The van der Waals surface area contributed by atoms with E-state index in [1.165, 1.54) is 12.2 Å². The molecule has 0 nitrogen and oxygen atoms in total. The van der Waals surface area contributed by atoms with E-state index in [1.807, 2.05) is 6.92 Å². The molecule has 1 aliphatic rings. The summed E-state index contributed by atoms with van der Waals surface area (Å²) in [5.41, 5.74) is 0.986. The van der Waals surface area contributed by atoms with Crippen LogP contribution in [0.2, 0.25) is 0 Å². The first kappa shape index (κ1) is 11.4. The summed E-state index contributed by atoms with van der Waals surface area (Å²) in [5, 5.41) is -0.187. The Morgan fingerprint density at radius 3 is 2.57 bits per heavy atom. The summed E-state index contributed by atoms with van der Waals surface area (Å²) in [4.78, 5) is 0. The van der Waals surface area contributed by atoms with Crippen LogP contribution in [0.1, 0.15) is 13.3 Å². The van der Waals surface area contributed by atoms with Crippen molar-refractivity contribution in [3.8, 4) is 0 Å². The topological polar surface area (TPSA) is 0 Å². The van der Waals surface area contributed by atoms with Crippen LogP contribution in [0.5, 0.6) is 0 Å². The van der Waals surface area contributed by atoms with E-state index in [1.54, 1.807) is 6.08 Å². The quantitative estimate of drug-likeness (QED) is 0.539. The molecule has 1 aliphatic carbocycles. The number of hydrogen-bond donors (Lipinski definition) is 0. The lowest BCUT2D eigenvalue weighted by atomic mass is 10.0. The third-order valence-electron chi connectivity index (χ3n) is 1.95. The second-order valence-corrected chi connectivity index (χ2v) is 3.65. The molecular weight excluding hydrogens is 213 g/mol. The molecule has 78 valence electrons. The average molecular weight is 223 g/mol. The molecule has 0 radical (unpaired) electrons. The fraction of sp³-hybridized carbons (Fsp3) is 0.400. The zero-order chi connectivity index (χ0) is 10.8. The van der Waals surface area contributed by atoms with Gasteiger partial charge in [0.15, 0.2) is 0 Å². The molecule has 4 heteroatoms. The highest BCUT2D eigenvalue weighted by Gasteiger charge is 2.39. The van der Waals surface area contributed by atoms with Crippen molar-refractivity contribution in [2.45, 2.75) is 19.5 Å². The highest BCUT2D eigenvalue weighted by molar-refractivity contribution is 6.30. The Bertz CT molecular complexity index is 297. The van der Waals surface area contributed by atoms with Crippen molar-refractivity contribution in [3.05, 3.63) is 34.9 Å². The molecule has 0 spiro atoms. The van der Waals surface area contributed by atoms with Gasteiger partial charge in [0.1, 0.15) is 5.92 Å². The second kappa shape index (κ2) is 4.22. The van der Waals surface area contributed by atoms with Gasteiger partial charge in [0, 0.05) is 5.03 Å². The Kier molecular flexibility index (Phi) is 3.43. The zero-order valence-corrected chi connectivity index (χ0v) is 8.36. The third-order valence-corrected chi connectivity index (χ3v) is 2.31. The highest BCUT2D eigenvalue weighted by Crippen LogP contribution is 2.35. The lowest BCUT2D eigenvalue weighted by molar-refractivity contribution is -0.149. The number of alkyl halides is 3. The summed E-state index contributed by atoms with van der Waals surface area (Å²) >= 11 is 5.55. The van der Waals surface area contributed by atoms with Crippen molar-refractivity contribution in [3.63, 3.8) is 0 Å². The van der Waals surface area contributed by atoms with Gasteiger partial charge in [0.2, 0.25) is 0 Å². The normalized spacial score (nSPS) is 33.4. The zero-order valence-electron chi connectivity index (χ0n) is 7.61. The Labute approximate surface area is 85.7 Å².